The molecule has 0 spiro atoms. The number of nitrogens with zero attached hydrogens (tertiary/aromatic N) is 2. The molecule has 6 nitrogen and oxygen atoms in total. The van der Waals surface area contributed by atoms with E-state index < -0.39 is 4.92 Å². The van der Waals surface area contributed by atoms with Crippen LogP contribution in [0.3, 0.4) is 0 Å². The van der Waals surface area contributed by atoms with Gasteiger partial charge in [-0.25, -0.2) is 0 Å². The molecule has 0 aromatic heterocycles. The maximum Gasteiger partial charge on any atom is 0.270 e. The minimum atomic E-state index is -0.510. The van der Waals surface area contributed by atoms with E-state index in [1.165, 1.54) is 18.2 Å². The van der Waals surface area contributed by atoms with Gasteiger partial charge in [0.1, 0.15) is 11.5 Å². The Labute approximate surface area is 121 Å². The second-order valence-electron chi connectivity index (χ2n) is 4.35. The summed E-state index contributed by atoms with van der Waals surface area (Å²) in [4.78, 5) is 14.6. The minimum absolute atomic E-state index is 0.0460. The van der Waals surface area contributed by atoms with E-state index in [-0.39, 0.29) is 11.4 Å². The highest BCUT2D eigenvalue weighted by Crippen LogP contribution is 2.25. The highest BCUT2D eigenvalue weighted by molar-refractivity contribution is 6.02. The van der Waals surface area contributed by atoms with Crippen molar-refractivity contribution in [1.29, 1.82) is 0 Å². The van der Waals surface area contributed by atoms with E-state index in [2.05, 4.69) is 4.99 Å². The molecule has 0 aliphatic rings. The van der Waals surface area contributed by atoms with Crippen molar-refractivity contribution in [2.24, 2.45) is 4.99 Å². The van der Waals surface area contributed by atoms with Crippen LogP contribution in [0.2, 0.25) is 0 Å². The Morgan fingerprint density at radius 3 is 2.48 bits per heavy atom. The van der Waals surface area contributed by atoms with Crippen molar-refractivity contribution >= 4 is 17.1 Å². The van der Waals surface area contributed by atoms with Crippen LogP contribution in [-0.2, 0) is 0 Å². The lowest BCUT2D eigenvalue weighted by atomic mass is 10.1. The summed E-state index contributed by atoms with van der Waals surface area (Å²) in [6.45, 7) is 1.68. The molecule has 2 aromatic carbocycles. The number of phenols is 1. The fraction of sp³-hybridized carbons (Fsp3) is 0.133. The molecule has 2 rings (SSSR count). The van der Waals surface area contributed by atoms with Crippen LogP contribution in [0.5, 0.6) is 11.5 Å². The molecule has 0 heterocycles. The molecule has 0 aliphatic carbocycles. The van der Waals surface area contributed by atoms with Crippen molar-refractivity contribution in [3.63, 3.8) is 0 Å². The summed E-state index contributed by atoms with van der Waals surface area (Å²) in [7, 11) is 1.57. The third-order valence-corrected chi connectivity index (χ3v) is 2.95. The lowest BCUT2D eigenvalue weighted by molar-refractivity contribution is -0.384. The van der Waals surface area contributed by atoms with Crippen LogP contribution in [0.15, 0.2) is 47.5 Å². The smallest absolute Gasteiger partial charge is 0.270 e. The monoisotopic (exact) mass is 286 g/mol. The van der Waals surface area contributed by atoms with Crippen LogP contribution in [0, 0.1) is 10.1 Å². The van der Waals surface area contributed by atoms with Gasteiger partial charge in [-0.3, -0.25) is 15.1 Å². The van der Waals surface area contributed by atoms with Gasteiger partial charge in [0.05, 0.1) is 17.7 Å². The molecule has 1 N–H and O–H groups in total. The molecule has 21 heavy (non-hydrogen) atoms. The van der Waals surface area contributed by atoms with Crippen molar-refractivity contribution in [3.05, 3.63) is 58.1 Å². The number of non-ortho nitro benzene ring substituents is 1. The molecule has 6 heteroatoms. The van der Waals surface area contributed by atoms with Crippen molar-refractivity contribution in [1.82, 2.24) is 0 Å². The molecular weight excluding hydrogens is 272 g/mol. The summed E-state index contributed by atoms with van der Waals surface area (Å²) < 4.78 is 5.06. The third-order valence-electron chi connectivity index (χ3n) is 2.95. The van der Waals surface area contributed by atoms with Crippen LogP contribution in [0.4, 0.5) is 11.4 Å². The quantitative estimate of drug-likeness (QED) is 0.530. The van der Waals surface area contributed by atoms with E-state index >= 15 is 0 Å². The predicted octanol–water partition coefficient (Wildman–Crippen LogP) is 3.45. The van der Waals surface area contributed by atoms with Crippen LogP contribution in [-0.4, -0.2) is 22.9 Å². The molecular formula is C15H14N2O4. The Balaban J connectivity index is 2.37. The zero-order valence-electron chi connectivity index (χ0n) is 11.6. The molecule has 108 valence electrons. The highest BCUT2D eigenvalue weighted by atomic mass is 16.6. The van der Waals surface area contributed by atoms with Crippen molar-refractivity contribution in [2.75, 3.05) is 7.11 Å². The van der Waals surface area contributed by atoms with E-state index in [1.54, 1.807) is 38.3 Å². The van der Waals surface area contributed by atoms with Crippen LogP contribution in [0.1, 0.15) is 12.5 Å². The zero-order valence-corrected chi connectivity index (χ0v) is 11.6. The van der Waals surface area contributed by atoms with Gasteiger partial charge in [-0.1, -0.05) is 0 Å². The van der Waals surface area contributed by atoms with Crippen LogP contribution < -0.4 is 4.74 Å². The summed E-state index contributed by atoms with van der Waals surface area (Å²) in [6.07, 6.45) is 0. The Morgan fingerprint density at radius 2 is 1.90 bits per heavy atom. The van der Waals surface area contributed by atoms with E-state index in [0.717, 1.165) is 0 Å². The number of aromatic hydroxyl groups is 1. The average Bonchev–Trinajstić information content (AvgIpc) is 2.48. The third kappa shape index (κ3) is 3.36. The first-order valence-corrected chi connectivity index (χ1v) is 6.18. The van der Waals surface area contributed by atoms with Gasteiger partial charge in [-0.15, -0.1) is 0 Å². The Morgan fingerprint density at radius 1 is 1.24 bits per heavy atom. The fourth-order valence-electron chi connectivity index (χ4n) is 1.84. The van der Waals surface area contributed by atoms with Gasteiger partial charge in [0.15, 0.2) is 0 Å². The maximum atomic E-state index is 10.8. The Bertz CT molecular complexity index is 693. The van der Waals surface area contributed by atoms with Crippen molar-refractivity contribution in [2.45, 2.75) is 6.92 Å². The number of rotatable bonds is 4. The normalized spacial score (nSPS) is 11.2. The second-order valence-corrected chi connectivity index (χ2v) is 4.35. The lowest BCUT2D eigenvalue weighted by Gasteiger charge is -2.05. The Kier molecular flexibility index (Phi) is 4.18. The molecule has 0 amide bonds. The lowest BCUT2D eigenvalue weighted by Crippen LogP contribution is -1.97. The summed E-state index contributed by atoms with van der Waals surface area (Å²) >= 11 is 0. The number of aliphatic imine (C=N–C) groups is 1. The van der Waals surface area contributed by atoms with Gasteiger partial charge in [0.25, 0.3) is 5.69 Å². The minimum Gasteiger partial charge on any atom is -0.507 e. The first kappa shape index (κ1) is 14.5. The topological polar surface area (TPSA) is 85.0 Å². The molecule has 2 aromatic rings. The number of ether oxygens (including phenoxy) is 1. The zero-order chi connectivity index (χ0) is 15.4. The second kappa shape index (κ2) is 6.04. The number of phenolic OH excluding ortho intramolecular Hbond substituents is 1. The van der Waals surface area contributed by atoms with Crippen LogP contribution in [0.25, 0.3) is 0 Å². The molecule has 0 saturated heterocycles. The van der Waals surface area contributed by atoms with E-state index in [4.69, 9.17) is 4.74 Å². The van der Waals surface area contributed by atoms with Gasteiger partial charge in [-0.05, 0) is 37.3 Å². The van der Waals surface area contributed by atoms with Gasteiger partial charge in [-0.2, -0.15) is 0 Å². The number of hydrogen-bond acceptors (Lipinski definition) is 5. The SMILES string of the molecule is COc1ccc(N=C(C)c2cc([N+](=O)[O-])ccc2O)cc1. The van der Waals surface area contributed by atoms with Crippen molar-refractivity contribution in [3.8, 4) is 11.5 Å². The van der Waals surface area contributed by atoms with Gasteiger partial charge >= 0.3 is 0 Å². The Hall–Kier alpha value is -2.89. The first-order valence-electron chi connectivity index (χ1n) is 6.18. The standard InChI is InChI=1S/C15H14N2O4/c1-10(16-11-3-6-13(21-2)7-4-11)14-9-12(17(19)20)5-8-15(14)18/h3-9,18H,1-2H3. The van der Waals surface area contributed by atoms with Gasteiger partial charge < -0.3 is 9.84 Å². The summed E-state index contributed by atoms with van der Waals surface area (Å²) in [5.41, 5.74) is 1.40. The predicted molar refractivity (Wildman–Crippen MR) is 79.6 cm³/mol. The summed E-state index contributed by atoms with van der Waals surface area (Å²) in [5, 5.41) is 20.6. The summed E-state index contributed by atoms with van der Waals surface area (Å²) in [6, 6.07) is 10.9. The molecule has 0 bridgehead atoms. The average molecular weight is 286 g/mol. The number of nitro groups is 1. The molecule has 0 saturated carbocycles. The number of methoxy groups -OCH3 is 1. The molecule has 0 unspecified atom stereocenters. The van der Waals surface area contributed by atoms with Crippen molar-refractivity contribution < 1.29 is 14.8 Å². The van der Waals surface area contributed by atoms with Gasteiger partial charge in [0, 0.05) is 23.4 Å². The van der Waals surface area contributed by atoms with E-state index in [0.29, 0.717) is 22.7 Å². The number of benzene rings is 2. The number of nitro benzene ring substituents is 1. The maximum absolute atomic E-state index is 10.8. The molecule has 0 fully saturated rings. The van der Waals surface area contributed by atoms with E-state index in [9.17, 15) is 15.2 Å². The molecule has 0 aliphatic heterocycles. The van der Waals surface area contributed by atoms with E-state index in [1.807, 2.05) is 0 Å². The summed E-state index contributed by atoms with van der Waals surface area (Å²) in [5.74, 6) is 0.667. The first-order chi connectivity index (χ1) is 10.0. The van der Waals surface area contributed by atoms with Gasteiger partial charge in [0.2, 0.25) is 0 Å². The molecule has 0 radical (unpaired) electrons. The number of hydrogen-bond donors (Lipinski definition) is 1. The highest BCUT2D eigenvalue weighted by Gasteiger charge is 2.12. The fourth-order valence-corrected chi connectivity index (χ4v) is 1.84. The largest absolute Gasteiger partial charge is 0.507 e. The van der Waals surface area contributed by atoms with Crippen LogP contribution >= 0.6 is 0 Å². The molecule has 0 atom stereocenters.